The van der Waals surface area contributed by atoms with Gasteiger partial charge >= 0.3 is 5.97 Å². The van der Waals surface area contributed by atoms with Crippen molar-refractivity contribution in [2.45, 2.75) is 122 Å². The smallest absolute Gasteiger partial charge is 0.305 e. The lowest BCUT2D eigenvalue weighted by Crippen LogP contribution is -2.24. The molecule has 190 valence electrons. The quantitative estimate of drug-likeness (QED) is 0.147. The zero-order valence-electron chi connectivity index (χ0n) is 21.6. The Hall–Kier alpha value is -1.65. The Balaban J connectivity index is 1.51. The van der Waals surface area contributed by atoms with Gasteiger partial charge in [-0.05, 0) is 68.9 Å². The predicted octanol–water partition coefficient (Wildman–Crippen LogP) is 8.17. The summed E-state index contributed by atoms with van der Waals surface area (Å²) in [4.78, 5) is 11.2. The molecule has 0 N–H and O–H groups in total. The van der Waals surface area contributed by atoms with Crippen LogP contribution in [0.5, 0.6) is 0 Å². The highest BCUT2D eigenvalue weighted by Gasteiger charge is 2.23. The van der Waals surface area contributed by atoms with Crippen LogP contribution in [0, 0.1) is 0 Å². The van der Waals surface area contributed by atoms with E-state index in [4.69, 9.17) is 14.2 Å². The molecule has 0 saturated carbocycles. The SMILES string of the molecule is CCCCCC(OC1CCCCO1)c1ccc([C@H]2CCC=C2CCCCCCC(=O)OC)cc1. The fourth-order valence-electron chi connectivity index (χ4n) is 5.31. The van der Waals surface area contributed by atoms with Crippen molar-refractivity contribution >= 4 is 5.97 Å². The normalized spacial score (nSPS) is 21.3. The first-order valence-corrected chi connectivity index (χ1v) is 13.8. The summed E-state index contributed by atoms with van der Waals surface area (Å²) in [5.74, 6) is 0.469. The van der Waals surface area contributed by atoms with Gasteiger partial charge in [0.2, 0.25) is 0 Å². The molecule has 0 aromatic heterocycles. The molecule has 1 aromatic rings. The standard InChI is InChI=1S/C30H46O4/c1-3-4-7-16-28(34-30-18-10-11-23-33-30)26-21-19-25(20-22-26)27-15-12-14-24(27)13-8-5-6-9-17-29(31)32-2/h14,19-22,27-28,30H,3-13,15-18,23H2,1-2H3/t27-,28?,30?/m0/s1. The van der Waals surface area contributed by atoms with E-state index in [0.29, 0.717) is 12.3 Å². The summed E-state index contributed by atoms with van der Waals surface area (Å²) in [6.07, 6.45) is 19.2. The monoisotopic (exact) mass is 470 g/mol. The van der Waals surface area contributed by atoms with E-state index in [1.165, 1.54) is 76.0 Å². The van der Waals surface area contributed by atoms with Gasteiger partial charge in [-0.25, -0.2) is 0 Å². The average Bonchev–Trinajstić information content (AvgIpc) is 3.34. The van der Waals surface area contributed by atoms with Crippen LogP contribution in [0.1, 0.15) is 126 Å². The Bertz CT molecular complexity index is 733. The molecular weight excluding hydrogens is 424 g/mol. The van der Waals surface area contributed by atoms with Crippen LogP contribution in [0.2, 0.25) is 0 Å². The minimum Gasteiger partial charge on any atom is -0.469 e. The van der Waals surface area contributed by atoms with Crippen LogP contribution in [0.15, 0.2) is 35.9 Å². The Morgan fingerprint density at radius 1 is 1.03 bits per heavy atom. The van der Waals surface area contributed by atoms with Crippen LogP contribution in [-0.4, -0.2) is 26.0 Å². The summed E-state index contributed by atoms with van der Waals surface area (Å²) in [6.45, 7) is 3.08. The predicted molar refractivity (Wildman–Crippen MR) is 138 cm³/mol. The maximum atomic E-state index is 11.2. The lowest BCUT2D eigenvalue weighted by molar-refractivity contribution is -0.191. The first-order valence-electron chi connectivity index (χ1n) is 13.8. The number of allylic oxidation sites excluding steroid dienone is 2. The third-order valence-corrected chi connectivity index (χ3v) is 7.37. The molecular formula is C30H46O4. The second kappa shape index (κ2) is 15.4. The van der Waals surface area contributed by atoms with Gasteiger partial charge in [0.15, 0.2) is 6.29 Å². The molecule has 3 rings (SSSR count). The molecule has 4 heteroatoms. The fraction of sp³-hybridized carbons (Fsp3) is 0.700. The highest BCUT2D eigenvalue weighted by Crippen LogP contribution is 2.39. The van der Waals surface area contributed by atoms with E-state index in [0.717, 1.165) is 38.7 Å². The van der Waals surface area contributed by atoms with Crippen LogP contribution >= 0.6 is 0 Å². The fourth-order valence-corrected chi connectivity index (χ4v) is 5.31. The molecule has 4 nitrogen and oxygen atoms in total. The molecule has 0 bridgehead atoms. The van der Waals surface area contributed by atoms with Gasteiger partial charge in [0, 0.05) is 18.9 Å². The van der Waals surface area contributed by atoms with Crippen molar-refractivity contribution in [2.75, 3.05) is 13.7 Å². The topological polar surface area (TPSA) is 44.8 Å². The van der Waals surface area contributed by atoms with E-state index in [9.17, 15) is 4.79 Å². The van der Waals surface area contributed by atoms with Crippen LogP contribution in [0.4, 0.5) is 0 Å². The number of methoxy groups -OCH3 is 1. The number of carbonyl (C=O) groups is 1. The van der Waals surface area contributed by atoms with E-state index in [1.807, 2.05) is 0 Å². The van der Waals surface area contributed by atoms with E-state index in [-0.39, 0.29) is 18.4 Å². The lowest BCUT2D eigenvalue weighted by Gasteiger charge is -2.28. The van der Waals surface area contributed by atoms with Crippen molar-refractivity contribution < 1.29 is 19.0 Å². The summed E-state index contributed by atoms with van der Waals surface area (Å²) in [6, 6.07) is 9.29. The number of unbranched alkanes of at least 4 members (excludes halogenated alkanes) is 5. The zero-order chi connectivity index (χ0) is 24.0. The van der Waals surface area contributed by atoms with Crippen LogP contribution < -0.4 is 0 Å². The zero-order valence-corrected chi connectivity index (χ0v) is 21.6. The van der Waals surface area contributed by atoms with Gasteiger partial charge in [-0.3, -0.25) is 4.79 Å². The molecule has 34 heavy (non-hydrogen) atoms. The highest BCUT2D eigenvalue weighted by molar-refractivity contribution is 5.68. The molecule has 1 aromatic carbocycles. The molecule has 0 radical (unpaired) electrons. The molecule has 1 aliphatic carbocycles. The minimum absolute atomic E-state index is 0.0444. The number of hydrogen-bond acceptors (Lipinski definition) is 4. The second-order valence-corrected chi connectivity index (χ2v) is 9.98. The molecule has 1 aliphatic heterocycles. The number of esters is 1. The van der Waals surface area contributed by atoms with Gasteiger partial charge in [-0.1, -0.05) is 74.9 Å². The van der Waals surface area contributed by atoms with Crippen molar-refractivity contribution in [3.05, 3.63) is 47.0 Å². The van der Waals surface area contributed by atoms with Gasteiger partial charge in [0.25, 0.3) is 0 Å². The van der Waals surface area contributed by atoms with Crippen molar-refractivity contribution in [2.24, 2.45) is 0 Å². The van der Waals surface area contributed by atoms with E-state index >= 15 is 0 Å². The summed E-state index contributed by atoms with van der Waals surface area (Å²) >= 11 is 0. The Labute approximate surface area is 207 Å². The highest BCUT2D eigenvalue weighted by atomic mass is 16.7. The lowest BCUT2D eigenvalue weighted by atomic mass is 9.88. The van der Waals surface area contributed by atoms with Gasteiger partial charge < -0.3 is 14.2 Å². The molecule has 0 spiro atoms. The molecule has 3 atom stereocenters. The number of ether oxygens (including phenoxy) is 3. The number of carbonyl (C=O) groups excluding carboxylic acids is 1. The first kappa shape index (κ1) is 26.9. The van der Waals surface area contributed by atoms with E-state index in [1.54, 1.807) is 5.57 Å². The summed E-state index contributed by atoms with van der Waals surface area (Å²) in [7, 11) is 1.46. The summed E-state index contributed by atoms with van der Waals surface area (Å²) in [5.41, 5.74) is 4.34. The van der Waals surface area contributed by atoms with Gasteiger partial charge in [-0.2, -0.15) is 0 Å². The minimum atomic E-state index is -0.0914. The Morgan fingerprint density at radius 2 is 1.85 bits per heavy atom. The second-order valence-electron chi connectivity index (χ2n) is 9.98. The molecule has 2 aliphatic rings. The van der Waals surface area contributed by atoms with Gasteiger partial charge in [0.05, 0.1) is 13.2 Å². The molecule has 2 unspecified atom stereocenters. The van der Waals surface area contributed by atoms with Gasteiger partial charge in [0.1, 0.15) is 0 Å². The Morgan fingerprint density at radius 3 is 2.59 bits per heavy atom. The largest absolute Gasteiger partial charge is 0.469 e. The molecule has 1 fully saturated rings. The maximum absolute atomic E-state index is 11.2. The number of hydrogen-bond donors (Lipinski definition) is 0. The van der Waals surface area contributed by atoms with Crippen molar-refractivity contribution in [1.82, 2.24) is 0 Å². The number of rotatable bonds is 15. The summed E-state index contributed by atoms with van der Waals surface area (Å²) in [5, 5.41) is 0. The van der Waals surface area contributed by atoms with Crippen LogP contribution in [0.3, 0.4) is 0 Å². The third kappa shape index (κ3) is 8.85. The average molecular weight is 471 g/mol. The maximum Gasteiger partial charge on any atom is 0.305 e. The van der Waals surface area contributed by atoms with Crippen LogP contribution in [-0.2, 0) is 19.0 Å². The van der Waals surface area contributed by atoms with E-state index in [2.05, 4.69) is 37.3 Å². The summed E-state index contributed by atoms with van der Waals surface area (Å²) < 4.78 is 17.1. The number of benzene rings is 1. The van der Waals surface area contributed by atoms with Crippen molar-refractivity contribution in [3.8, 4) is 0 Å². The molecule has 1 saturated heterocycles. The first-order chi connectivity index (χ1) is 16.7. The molecule has 0 amide bonds. The van der Waals surface area contributed by atoms with E-state index < -0.39 is 0 Å². The van der Waals surface area contributed by atoms with Gasteiger partial charge in [-0.15, -0.1) is 0 Å². The Kier molecular flexibility index (Phi) is 12.2. The van der Waals surface area contributed by atoms with Crippen LogP contribution in [0.25, 0.3) is 0 Å². The third-order valence-electron chi connectivity index (χ3n) is 7.37. The molecule has 1 heterocycles. The van der Waals surface area contributed by atoms with Crippen molar-refractivity contribution in [1.29, 1.82) is 0 Å². The van der Waals surface area contributed by atoms with Crippen molar-refractivity contribution in [3.63, 3.8) is 0 Å².